The van der Waals surface area contributed by atoms with E-state index in [1.54, 1.807) is 0 Å². The minimum absolute atomic E-state index is 0.832. The Morgan fingerprint density at radius 1 is 0.280 bits per heavy atom. The molecule has 2 heteroatoms. The molecular formula is C48H90O2. The Morgan fingerprint density at radius 2 is 0.460 bits per heavy atom. The maximum atomic E-state index is 6.19. The van der Waals surface area contributed by atoms with Gasteiger partial charge in [-0.15, -0.1) is 0 Å². The molecule has 0 N–H and O–H groups in total. The van der Waals surface area contributed by atoms with E-state index in [0.717, 1.165) is 37.6 Å². The molecule has 0 atom stereocenters. The standard InChI is InChI=1S/C48H90O2/c1-5-7-9-11-13-15-17-19-21-23-25-27-29-31-33-35-37-39-41-49-47-43-46(4)48(44-45(47)3)50-42-40-38-36-34-32-30-28-26-24-22-20-18-16-14-12-10-8-6-2/h43-44H,5-42H2,1-4H3. The summed E-state index contributed by atoms with van der Waals surface area (Å²) < 4.78 is 12.4. The van der Waals surface area contributed by atoms with Crippen molar-refractivity contribution < 1.29 is 9.47 Å². The highest BCUT2D eigenvalue weighted by atomic mass is 16.5. The van der Waals surface area contributed by atoms with Crippen molar-refractivity contribution in [1.82, 2.24) is 0 Å². The number of rotatable bonds is 40. The third kappa shape index (κ3) is 30.4. The van der Waals surface area contributed by atoms with Gasteiger partial charge < -0.3 is 9.47 Å². The van der Waals surface area contributed by atoms with Crippen LogP contribution in [0.5, 0.6) is 11.5 Å². The molecule has 0 aliphatic carbocycles. The zero-order chi connectivity index (χ0) is 36.0. The first-order valence-corrected chi connectivity index (χ1v) is 23.1. The van der Waals surface area contributed by atoms with Crippen LogP contribution in [0, 0.1) is 13.8 Å². The molecule has 2 nitrogen and oxygen atoms in total. The third-order valence-electron chi connectivity index (χ3n) is 11.0. The van der Waals surface area contributed by atoms with Gasteiger partial charge in [0.25, 0.3) is 0 Å². The quantitative estimate of drug-likeness (QED) is 0.0635. The van der Waals surface area contributed by atoms with Crippen LogP contribution >= 0.6 is 0 Å². The Kier molecular flexibility index (Phi) is 35.2. The van der Waals surface area contributed by atoms with Crippen molar-refractivity contribution in [3.8, 4) is 11.5 Å². The van der Waals surface area contributed by atoms with Gasteiger partial charge in [0.15, 0.2) is 0 Å². The highest BCUT2D eigenvalue weighted by Crippen LogP contribution is 2.28. The number of ether oxygens (including phenoxy) is 2. The molecule has 0 saturated carbocycles. The van der Waals surface area contributed by atoms with E-state index in [9.17, 15) is 0 Å². The highest BCUT2D eigenvalue weighted by Gasteiger charge is 2.07. The second-order valence-corrected chi connectivity index (χ2v) is 16.1. The van der Waals surface area contributed by atoms with Gasteiger partial charge in [0.1, 0.15) is 11.5 Å². The Hall–Kier alpha value is -1.18. The molecule has 1 aromatic rings. The van der Waals surface area contributed by atoms with Gasteiger partial charge >= 0.3 is 0 Å². The fourth-order valence-electron chi connectivity index (χ4n) is 7.45. The lowest BCUT2D eigenvalue weighted by atomic mass is 10.0. The van der Waals surface area contributed by atoms with E-state index in [4.69, 9.17) is 9.47 Å². The molecule has 0 amide bonds. The maximum absolute atomic E-state index is 6.19. The van der Waals surface area contributed by atoms with Crippen LogP contribution in [0.2, 0.25) is 0 Å². The van der Waals surface area contributed by atoms with Crippen LogP contribution in [0.4, 0.5) is 0 Å². The van der Waals surface area contributed by atoms with Gasteiger partial charge in [-0.2, -0.15) is 0 Å². The van der Waals surface area contributed by atoms with Crippen LogP contribution in [0.3, 0.4) is 0 Å². The number of hydrogen-bond donors (Lipinski definition) is 0. The maximum Gasteiger partial charge on any atom is 0.122 e. The molecule has 50 heavy (non-hydrogen) atoms. The van der Waals surface area contributed by atoms with Gasteiger partial charge in [-0.05, 0) is 49.9 Å². The molecule has 0 unspecified atom stereocenters. The molecule has 0 aromatic heterocycles. The molecule has 0 saturated heterocycles. The smallest absolute Gasteiger partial charge is 0.122 e. The predicted octanol–water partition coefficient (Wildman–Crippen LogP) is 17.1. The Morgan fingerprint density at radius 3 is 0.660 bits per heavy atom. The molecule has 0 spiro atoms. The highest BCUT2D eigenvalue weighted by molar-refractivity contribution is 5.45. The van der Waals surface area contributed by atoms with E-state index in [1.807, 2.05) is 0 Å². The van der Waals surface area contributed by atoms with E-state index in [0.29, 0.717) is 0 Å². The summed E-state index contributed by atoms with van der Waals surface area (Å²) in [7, 11) is 0. The van der Waals surface area contributed by atoms with Crippen molar-refractivity contribution in [2.24, 2.45) is 0 Å². The Bertz CT molecular complexity index is 749. The van der Waals surface area contributed by atoms with Gasteiger partial charge in [-0.3, -0.25) is 0 Å². The predicted molar refractivity (Wildman–Crippen MR) is 224 cm³/mol. The van der Waals surface area contributed by atoms with Crippen LogP contribution < -0.4 is 9.47 Å². The molecule has 0 aliphatic heterocycles. The summed E-state index contributed by atoms with van der Waals surface area (Å²) in [5.41, 5.74) is 2.40. The minimum Gasteiger partial charge on any atom is -0.493 e. The van der Waals surface area contributed by atoms with E-state index in [-0.39, 0.29) is 0 Å². The van der Waals surface area contributed by atoms with Crippen LogP contribution in [0.1, 0.15) is 256 Å². The van der Waals surface area contributed by atoms with Crippen molar-refractivity contribution >= 4 is 0 Å². The molecule has 0 aliphatic rings. The number of unbranched alkanes of at least 4 members (excludes halogenated alkanes) is 34. The van der Waals surface area contributed by atoms with Crippen molar-refractivity contribution in [2.45, 2.75) is 259 Å². The fraction of sp³-hybridized carbons (Fsp3) is 0.875. The van der Waals surface area contributed by atoms with Crippen molar-refractivity contribution in [3.63, 3.8) is 0 Å². The summed E-state index contributed by atoms with van der Waals surface area (Å²) >= 11 is 0. The Labute approximate surface area is 315 Å². The minimum atomic E-state index is 0.832. The molecule has 1 aromatic carbocycles. The molecule has 1 rings (SSSR count). The van der Waals surface area contributed by atoms with Gasteiger partial charge in [0, 0.05) is 0 Å². The van der Waals surface area contributed by atoms with E-state index in [1.165, 1.54) is 229 Å². The van der Waals surface area contributed by atoms with Crippen LogP contribution in [-0.4, -0.2) is 13.2 Å². The number of hydrogen-bond acceptors (Lipinski definition) is 2. The fourth-order valence-corrected chi connectivity index (χ4v) is 7.45. The van der Waals surface area contributed by atoms with E-state index in [2.05, 4.69) is 39.8 Å². The molecular weight excluding hydrogens is 609 g/mol. The topological polar surface area (TPSA) is 18.5 Å². The van der Waals surface area contributed by atoms with Crippen LogP contribution in [0.25, 0.3) is 0 Å². The van der Waals surface area contributed by atoms with Crippen molar-refractivity contribution in [3.05, 3.63) is 23.3 Å². The largest absolute Gasteiger partial charge is 0.493 e. The van der Waals surface area contributed by atoms with Gasteiger partial charge in [0.05, 0.1) is 13.2 Å². The number of benzene rings is 1. The third-order valence-corrected chi connectivity index (χ3v) is 11.0. The van der Waals surface area contributed by atoms with Crippen LogP contribution in [-0.2, 0) is 0 Å². The van der Waals surface area contributed by atoms with Crippen molar-refractivity contribution in [1.29, 1.82) is 0 Å². The van der Waals surface area contributed by atoms with Gasteiger partial charge in [-0.25, -0.2) is 0 Å². The SMILES string of the molecule is CCCCCCCCCCCCCCCCCCCCOc1cc(C)c(OCCCCCCCCCCCCCCCCCCCC)cc1C. The average molecular weight is 699 g/mol. The summed E-state index contributed by atoms with van der Waals surface area (Å²) in [6, 6.07) is 4.38. The molecule has 0 fully saturated rings. The Balaban J connectivity index is 1.89. The van der Waals surface area contributed by atoms with Gasteiger partial charge in [-0.1, -0.05) is 232 Å². The first-order valence-electron chi connectivity index (χ1n) is 23.1. The number of aryl methyl sites for hydroxylation is 2. The summed E-state index contributed by atoms with van der Waals surface area (Å²) in [4.78, 5) is 0. The zero-order valence-electron chi connectivity index (χ0n) is 34.8. The summed E-state index contributed by atoms with van der Waals surface area (Å²) in [6.07, 6.45) is 50.8. The second kappa shape index (κ2) is 37.6. The normalized spacial score (nSPS) is 11.4. The lowest BCUT2D eigenvalue weighted by Crippen LogP contribution is -2.02. The van der Waals surface area contributed by atoms with Gasteiger partial charge in [0.2, 0.25) is 0 Å². The van der Waals surface area contributed by atoms with E-state index >= 15 is 0 Å². The summed E-state index contributed by atoms with van der Waals surface area (Å²) in [6.45, 7) is 10.6. The summed E-state index contributed by atoms with van der Waals surface area (Å²) in [5.74, 6) is 2.07. The van der Waals surface area contributed by atoms with Crippen LogP contribution in [0.15, 0.2) is 12.1 Å². The van der Waals surface area contributed by atoms with Crippen molar-refractivity contribution in [2.75, 3.05) is 13.2 Å². The summed E-state index contributed by atoms with van der Waals surface area (Å²) in [5, 5.41) is 0. The molecule has 0 heterocycles. The average Bonchev–Trinajstić information content (AvgIpc) is 3.12. The lowest BCUT2D eigenvalue weighted by Gasteiger charge is -2.14. The molecule has 0 radical (unpaired) electrons. The first-order chi connectivity index (χ1) is 24.7. The molecule has 294 valence electrons. The molecule has 0 bridgehead atoms. The van der Waals surface area contributed by atoms with E-state index < -0.39 is 0 Å². The lowest BCUT2D eigenvalue weighted by molar-refractivity contribution is 0.293. The monoisotopic (exact) mass is 699 g/mol. The zero-order valence-corrected chi connectivity index (χ0v) is 34.8. The first kappa shape index (κ1) is 46.8. The second-order valence-electron chi connectivity index (χ2n) is 16.1.